The highest BCUT2D eigenvalue weighted by Crippen LogP contribution is 2.30. The van der Waals surface area contributed by atoms with Gasteiger partial charge in [0.25, 0.3) is 0 Å². The molecule has 1 aliphatic heterocycles. The maximum atomic E-state index is 5.78. The molecule has 0 amide bonds. The third-order valence-electron chi connectivity index (χ3n) is 3.89. The Kier molecular flexibility index (Phi) is 2.69. The van der Waals surface area contributed by atoms with Crippen molar-refractivity contribution in [3.05, 3.63) is 17.0 Å². The van der Waals surface area contributed by atoms with Gasteiger partial charge in [-0.25, -0.2) is 0 Å². The fourth-order valence-electron chi connectivity index (χ4n) is 3.06. The molecule has 88 valence electrons. The predicted octanol–water partition coefficient (Wildman–Crippen LogP) is 0.755. The molecule has 2 heterocycles. The van der Waals surface area contributed by atoms with Crippen molar-refractivity contribution in [1.82, 2.24) is 15.1 Å². The van der Waals surface area contributed by atoms with E-state index < -0.39 is 0 Å². The predicted molar refractivity (Wildman–Crippen MR) is 63.3 cm³/mol. The molecule has 16 heavy (non-hydrogen) atoms. The number of hydrogen-bond donors (Lipinski definition) is 2. The van der Waals surface area contributed by atoms with Crippen molar-refractivity contribution in [3.63, 3.8) is 0 Å². The minimum Gasteiger partial charge on any atom is -0.325 e. The summed E-state index contributed by atoms with van der Waals surface area (Å²) >= 11 is 0. The Labute approximate surface area is 96.2 Å². The van der Waals surface area contributed by atoms with E-state index in [1.807, 2.05) is 0 Å². The Morgan fingerprint density at radius 3 is 2.88 bits per heavy atom. The Balaban J connectivity index is 1.94. The fourth-order valence-corrected chi connectivity index (χ4v) is 3.06. The lowest BCUT2D eigenvalue weighted by Crippen LogP contribution is -2.30. The highest BCUT2D eigenvalue weighted by Gasteiger charge is 2.26. The van der Waals surface area contributed by atoms with Crippen molar-refractivity contribution in [1.29, 1.82) is 0 Å². The number of aromatic nitrogens is 2. The van der Waals surface area contributed by atoms with Crippen LogP contribution in [0.25, 0.3) is 0 Å². The van der Waals surface area contributed by atoms with E-state index in [1.54, 1.807) is 0 Å². The van der Waals surface area contributed by atoms with E-state index in [9.17, 15) is 0 Å². The second-order valence-corrected chi connectivity index (χ2v) is 4.86. The van der Waals surface area contributed by atoms with E-state index in [-0.39, 0.29) is 0 Å². The van der Waals surface area contributed by atoms with Gasteiger partial charge in [-0.2, -0.15) is 5.10 Å². The normalized spacial score (nSPS) is 21.3. The van der Waals surface area contributed by atoms with Crippen LogP contribution in [0.4, 0.5) is 0 Å². The van der Waals surface area contributed by atoms with E-state index in [0.717, 1.165) is 18.8 Å². The summed E-state index contributed by atoms with van der Waals surface area (Å²) in [5.41, 5.74) is 9.86. The van der Waals surface area contributed by atoms with Gasteiger partial charge in [0, 0.05) is 12.2 Å². The van der Waals surface area contributed by atoms with E-state index >= 15 is 0 Å². The van der Waals surface area contributed by atoms with Crippen molar-refractivity contribution in [2.24, 2.45) is 5.73 Å². The molecule has 0 saturated carbocycles. The highest BCUT2D eigenvalue weighted by molar-refractivity contribution is 5.31. The summed E-state index contributed by atoms with van der Waals surface area (Å²) in [5.74, 6) is 0. The van der Waals surface area contributed by atoms with Crippen molar-refractivity contribution < 1.29 is 0 Å². The van der Waals surface area contributed by atoms with Crippen LogP contribution >= 0.6 is 0 Å². The Hall–Kier alpha value is -0.870. The van der Waals surface area contributed by atoms with E-state index in [0.29, 0.717) is 12.6 Å². The molecule has 1 aromatic heterocycles. The van der Waals surface area contributed by atoms with Crippen molar-refractivity contribution in [3.8, 4) is 0 Å². The SMILES string of the molecule is NCc1nn(C2CCNCC2)c2c1CCC2. The molecule has 0 spiro atoms. The zero-order valence-electron chi connectivity index (χ0n) is 9.71. The summed E-state index contributed by atoms with van der Waals surface area (Å²) in [6.07, 6.45) is 6.08. The van der Waals surface area contributed by atoms with Gasteiger partial charge in [0.05, 0.1) is 11.7 Å². The number of piperidine rings is 1. The van der Waals surface area contributed by atoms with Crippen LogP contribution in [0.15, 0.2) is 0 Å². The first-order valence-electron chi connectivity index (χ1n) is 6.40. The fraction of sp³-hybridized carbons (Fsp3) is 0.750. The largest absolute Gasteiger partial charge is 0.325 e. The van der Waals surface area contributed by atoms with E-state index in [1.165, 1.54) is 43.4 Å². The summed E-state index contributed by atoms with van der Waals surface area (Å²) in [5, 5.41) is 8.15. The van der Waals surface area contributed by atoms with Crippen molar-refractivity contribution >= 4 is 0 Å². The van der Waals surface area contributed by atoms with Gasteiger partial charge >= 0.3 is 0 Å². The van der Waals surface area contributed by atoms with Gasteiger partial charge in [-0.15, -0.1) is 0 Å². The van der Waals surface area contributed by atoms with Crippen LogP contribution in [0.3, 0.4) is 0 Å². The van der Waals surface area contributed by atoms with Gasteiger partial charge in [-0.05, 0) is 50.8 Å². The van der Waals surface area contributed by atoms with Gasteiger partial charge in [0.1, 0.15) is 0 Å². The average molecular weight is 220 g/mol. The standard InChI is InChI=1S/C12H20N4/c13-8-11-10-2-1-3-12(10)16(15-11)9-4-6-14-7-5-9/h9,14H,1-8,13H2. The first-order chi connectivity index (χ1) is 7.90. The molecule has 3 rings (SSSR count). The van der Waals surface area contributed by atoms with Gasteiger partial charge < -0.3 is 11.1 Å². The van der Waals surface area contributed by atoms with Gasteiger partial charge in [0.2, 0.25) is 0 Å². The molecule has 0 atom stereocenters. The molecule has 0 unspecified atom stereocenters. The van der Waals surface area contributed by atoms with E-state index in [2.05, 4.69) is 10.00 Å². The number of fused-ring (bicyclic) bond motifs is 1. The molecular weight excluding hydrogens is 200 g/mol. The third kappa shape index (κ3) is 1.57. The maximum Gasteiger partial charge on any atom is 0.0795 e. The van der Waals surface area contributed by atoms with Gasteiger partial charge in [-0.1, -0.05) is 0 Å². The zero-order chi connectivity index (χ0) is 11.0. The molecule has 0 radical (unpaired) electrons. The summed E-state index contributed by atoms with van der Waals surface area (Å²) in [4.78, 5) is 0. The Bertz CT molecular complexity index is 377. The molecular formula is C12H20N4. The van der Waals surface area contributed by atoms with Crippen LogP contribution in [0.5, 0.6) is 0 Å². The first kappa shape index (κ1) is 10.3. The molecule has 1 saturated heterocycles. The van der Waals surface area contributed by atoms with Crippen LogP contribution in [-0.4, -0.2) is 22.9 Å². The van der Waals surface area contributed by atoms with Gasteiger partial charge in [0.15, 0.2) is 0 Å². The van der Waals surface area contributed by atoms with E-state index in [4.69, 9.17) is 10.8 Å². The number of rotatable bonds is 2. The smallest absolute Gasteiger partial charge is 0.0795 e. The molecule has 0 aromatic carbocycles. The molecule has 1 aromatic rings. The van der Waals surface area contributed by atoms with Crippen molar-refractivity contribution in [2.75, 3.05) is 13.1 Å². The molecule has 1 aliphatic carbocycles. The summed E-state index contributed by atoms with van der Waals surface area (Å²) in [6.45, 7) is 2.84. The maximum absolute atomic E-state index is 5.78. The average Bonchev–Trinajstić information content (AvgIpc) is 2.91. The number of hydrogen-bond acceptors (Lipinski definition) is 3. The topological polar surface area (TPSA) is 55.9 Å². The second-order valence-electron chi connectivity index (χ2n) is 4.86. The minimum absolute atomic E-state index is 0.598. The second kappa shape index (κ2) is 4.18. The van der Waals surface area contributed by atoms with Crippen LogP contribution in [0.2, 0.25) is 0 Å². The molecule has 3 N–H and O–H groups in total. The number of nitrogens with two attached hydrogens (primary N) is 1. The highest BCUT2D eigenvalue weighted by atomic mass is 15.3. The summed E-state index contributed by atoms with van der Waals surface area (Å²) < 4.78 is 2.30. The summed E-state index contributed by atoms with van der Waals surface area (Å²) in [6, 6.07) is 0.605. The Morgan fingerprint density at radius 2 is 2.12 bits per heavy atom. The van der Waals surface area contributed by atoms with Crippen LogP contribution in [0.1, 0.15) is 42.3 Å². The lowest BCUT2D eigenvalue weighted by Gasteiger charge is -2.24. The minimum atomic E-state index is 0.598. The lowest BCUT2D eigenvalue weighted by atomic mass is 10.1. The van der Waals surface area contributed by atoms with Crippen LogP contribution < -0.4 is 11.1 Å². The molecule has 4 nitrogen and oxygen atoms in total. The monoisotopic (exact) mass is 220 g/mol. The Morgan fingerprint density at radius 1 is 1.31 bits per heavy atom. The van der Waals surface area contributed by atoms with Crippen molar-refractivity contribution in [2.45, 2.75) is 44.7 Å². The molecule has 0 bridgehead atoms. The van der Waals surface area contributed by atoms with Crippen LogP contribution in [0, 0.1) is 0 Å². The first-order valence-corrected chi connectivity index (χ1v) is 6.40. The zero-order valence-corrected chi connectivity index (χ0v) is 9.71. The quantitative estimate of drug-likeness (QED) is 0.773. The third-order valence-corrected chi connectivity index (χ3v) is 3.89. The number of nitrogens with one attached hydrogen (secondary N) is 1. The number of nitrogens with zero attached hydrogens (tertiary/aromatic N) is 2. The van der Waals surface area contributed by atoms with Gasteiger partial charge in [-0.3, -0.25) is 4.68 Å². The molecule has 2 aliphatic rings. The molecule has 4 heteroatoms. The lowest BCUT2D eigenvalue weighted by molar-refractivity contribution is 0.334. The van der Waals surface area contributed by atoms with Crippen LogP contribution in [-0.2, 0) is 19.4 Å². The molecule has 1 fully saturated rings. The summed E-state index contributed by atoms with van der Waals surface area (Å²) in [7, 11) is 0.